The summed E-state index contributed by atoms with van der Waals surface area (Å²) in [5, 5.41) is 5.21. The smallest absolute Gasteiger partial charge is 0.251 e. The molecule has 0 bridgehead atoms. The third-order valence-corrected chi connectivity index (χ3v) is 2.88. The van der Waals surface area contributed by atoms with Gasteiger partial charge >= 0.3 is 0 Å². The quantitative estimate of drug-likeness (QED) is 0.816. The Balaban J connectivity index is 1.75. The van der Waals surface area contributed by atoms with Crippen molar-refractivity contribution >= 4 is 11.8 Å². The predicted octanol–water partition coefficient (Wildman–Crippen LogP) is 1.72. The molecule has 0 aliphatic carbocycles. The van der Waals surface area contributed by atoms with E-state index in [2.05, 4.69) is 10.6 Å². The monoisotopic (exact) mass is 302 g/mol. The summed E-state index contributed by atoms with van der Waals surface area (Å²) >= 11 is 0. The zero-order valence-corrected chi connectivity index (χ0v) is 12.3. The number of carbonyl (C=O) groups excluding carboxylic acids is 2. The SMILES string of the molecule is CCOc1ccc(C(=O)NCC(=O)NCc2ccco2)cc1. The van der Waals surface area contributed by atoms with E-state index in [9.17, 15) is 9.59 Å². The second-order valence-electron chi connectivity index (χ2n) is 4.50. The van der Waals surface area contributed by atoms with Gasteiger partial charge in [0.15, 0.2) is 0 Å². The summed E-state index contributed by atoms with van der Waals surface area (Å²) in [6.45, 7) is 2.67. The van der Waals surface area contributed by atoms with Gasteiger partial charge in [-0.15, -0.1) is 0 Å². The summed E-state index contributed by atoms with van der Waals surface area (Å²) in [5.74, 6) is 0.772. The van der Waals surface area contributed by atoms with Gasteiger partial charge < -0.3 is 19.8 Å². The van der Waals surface area contributed by atoms with Crippen LogP contribution in [0.4, 0.5) is 0 Å². The van der Waals surface area contributed by atoms with Gasteiger partial charge in [0, 0.05) is 5.56 Å². The van der Waals surface area contributed by atoms with Gasteiger partial charge in [0.05, 0.1) is 26.0 Å². The average molecular weight is 302 g/mol. The molecule has 0 saturated heterocycles. The van der Waals surface area contributed by atoms with E-state index in [1.54, 1.807) is 36.4 Å². The molecule has 0 unspecified atom stereocenters. The molecule has 2 rings (SSSR count). The van der Waals surface area contributed by atoms with Gasteiger partial charge in [-0.05, 0) is 43.3 Å². The van der Waals surface area contributed by atoms with E-state index in [0.717, 1.165) is 0 Å². The molecule has 0 saturated carbocycles. The van der Waals surface area contributed by atoms with Crippen LogP contribution >= 0.6 is 0 Å². The summed E-state index contributed by atoms with van der Waals surface area (Å²) in [6.07, 6.45) is 1.54. The van der Waals surface area contributed by atoms with E-state index < -0.39 is 0 Å². The van der Waals surface area contributed by atoms with Gasteiger partial charge in [0.1, 0.15) is 11.5 Å². The minimum atomic E-state index is -0.309. The zero-order chi connectivity index (χ0) is 15.8. The van der Waals surface area contributed by atoms with Gasteiger partial charge in [-0.1, -0.05) is 0 Å². The first-order valence-electron chi connectivity index (χ1n) is 6.99. The number of furan rings is 1. The molecule has 2 N–H and O–H groups in total. The van der Waals surface area contributed by atoms with Gasteiger partial charge in [-0.3, -0.25) is 9.59 Å². The van der Waals surface area contributed by atoms with Crippen LogP contribution in [0.5, 0.6) is 5.75 Å². The highest BCUT2D eigenvalue weighted by Crippen LogP contribution is 2.11. The van der Waals surface area contributed by atoms with Crippen LogP contribution in [0.15, 0.2) is 47.1 Å². The highest BCUT2D eigenvalue weighted by atomic mass is 16.5. The number of nitrogens with one attached hydrogen (secondary N) is 2. The maximum atomic E-state index is 11.9. The van der Waals surface area contributed by atoms with Crippen LogP contribution in [0.2, 0.25) is 0 Å². The lowest BCUT2D eigenvalue weighted by Gasteiger charge is -2.07. The van der Waals surface area contributed by atoms with Crippen molar-refractivity contribution < 1.29 is 18.7 Å². The van der Waals surface area contributed by atoms with Crippen molar-refractivity contribution in [3.05, 3.63) is 54.0 Å². The Morgan fingerprint density at radius 3 is 2.55 bits per heavy atom. The molecule has 1 heterocycles. The van der Waals surface area contributed by atoms with E-state index in [-0.39, 0.29) is 18.4 Å². The Bertz CT molecular complexity index is 606. The van der Waals surface area contributed by atoms with Crippen molar-refractivity contribution in [1.29, 1.82) is 0 Å². The van der Waals surface area contributed by atoms with E-state index in [0.29, 0.717) is 30.2 Å². The van der Waals surface area contributed by atoms with Crippen LogP contribution < -0.4 is 15.4 Å². The molecule has 6 heteroatoms. The van der Waals surface area contributed by atoms with Gasteiger partial charge in [0.2, 0.25) is 5.91 Å². The van der Waals surface area contributed by atoms with Crippen molar-refractivity contribution in [2.45, 2.75) is 13.5 Å². The Kier molecular flexibility index (Phi) is 5.59. The fourth-order valence-electron chi connectivity index (χ4n) is 1.79. The minimum Gasteiger partial charge on any atom is -0.494 e. The predicted molar refractivity (Wildman–Crippen MR) is 80.5 cm³/mol. The number of rotatable bonds is 7. The zero-order valence-electron chi connectivity index (χ0n) is 12.3. The fourth-order valence-corrected chi connectivity index (χ4v) is 1.79. The van der Waals surface area contributed by atoms with Gasteiger partial charge in [-0.25, -0.2) is 0 Å². The Morgan fingerprint density at radius 1 is 1.14 bits per heavy atom. The first-order chi connectivity index (χ1) is 10.7. The Hall–Kier alpha value is -2.76. The molecule has 0 atom stereocenters. The lowest BCUT2D eigenvalue weighted by molar-refractivity contribution is -0.120. The van der Waals surface area contributed by atoms with Crippen LogP contribution in [0, 0.1) is 0 Å². The number of hydrogen-bond donors (Lipinski definition) is 2. The van der Waals surface area contributed by atoms with E-state index in [4.69, 9.17) is 9.15 Å². The van der Waals surface area contributed by atoms with Crippen LogP contribution in [0.3, 0.4) is 0 Å². The topological polar surface area (TPSA) is 80.6 Å². The van der Waals surface area contributed by atoms with E-state index in [1.807, 2.05) is 6.92 Å². The Labute approximate surface area is 128 Å². The van der Waals surface area contributed by atoms with Crippen molar-refractivity contribution in [3.63, 3.8) is 0 Å². The molecule has 22 heavy (non-hydrogen) atoms. The summed E-state index contributed by atoms with van der Waals surface area (Å²) in [4.78, 5) is 23.5. The van der Waals surface area contributed by atoms with Crippen LogP contribution in [-0.2, 0) is 11.3 Å². The van der Waals surface area contributed by atoms with Crippen molar-refractivity contribution in [2.75, 3.05) is 13.2 Å². The molecule has 1 aromatic heterocycles. The second-order valence-corrected chi connectivity index (χ2v) is 4.50. The van der Waals surface area contributed by atoms with Crippen molar-refractivity contribution in [1.82, 2.24) is 10.6 Å². The third-order valence-electron chi connectivity index (χ3n) is 2.88. The van der Waals surface area contributed by atoms with Crippen LogP contribution in [-0.4, -0.2) is 25.0 Å². The summed E-state index contributed by atoms with van der Waals surface area (Å²) in [5.41, 5.74) is 0.474. The van der Waals surface area contributed by atoms with Crippen molar-refractivity contribution in [2.24, 2.45) is 0 Å². The Morgan fingerprint density at radius 2 is 1.91 bits per heavy atom. The first-order valence-corrected chi connectivity index (χ1v) is 6.99. The standard InChI is InChI=1S/C16H18N2O4/c1-2-21-13-7-5-12(6-8-13)16(20)18-11-15(19)17-10-14-4-3-9-22-14/h3-9H,2,10-11H2,1H3,(H,17,19)(H,18,20). The molecule has 0 aliphatic rings. The van der Waals surface area contributed by atoms with Crippen molar-refractivity contribution in [3.8, 4) is 5.75 Å². The number of amides is 2. The lowest BCUT2D eigenvalue weighted by atomic mass is 10.2. The van der Waals surface area contributed by atoms with Crippen LogP contribution in [0.25, 0.3) is 0 Å². The highest BCUT2D eigenvalue weighted by molar-refractivity contribution is 5.96. The maximum absolute atomic E-state index is 11.9. The van der Waals surface area contributed by atoms with E-state index >= 15 is 0 Å². The summed E-state index contributed by atoms with van der Waals surface area (Å²) < 4.78 is 10.4. The molecule has 1 aromatic carbocycles. The molecule has 2 aromatic rings. The molecule has 6 nitrogen and oxygen atoms in total. The number of ether oxygens (including phenoxy) is 1. The third kappa shape index (κ3) is 4.66. The highest BCUT2D eigenvalue weighted by Gasteiger charge is 2.08. The molecular formula is C16H18N2O4. The molecule has 0 aliphatic heterocycles. The summed E-state index contributed by atoms with van der Waals surface area (Å²) in [6, 6.07) is 10.3. The maximum Gasteiger partial charge on any atom is 0.251 e. The average Bonchev–Trinajstić information content (AvgIpc) is 3.05. The molecule has 0 spiro atoms. The van der Waals surface area contributed by atoms with Gasteiger partial charge in [0.25, 0.3) is 5.91 Å². The molecule has 2 amide bonds. The van der Waals surface area contributed by atoms with Gasteiger partial charge in [-0.2, -0.15) is 0 Å². The lowest BCUT2D eigenvalue weighted by Crippen LogP contribution is -2.36. The second kappa shape index (κ2) is 7.87. The number of benzene rings is 1. The largest absolute Gasteiger partial charge is 0.494 e. The van der Waals surface area contributed by atoms with E-state index in [1.165, 1.54) is 6.26 Å². The number of hydrogen-bond acceptors (Lipinski definition) is 4. The molecule has 0 radical (unpaired) electrons. The fraction of sp³-hybridized carbons (Fsp3) is 0.250. The van der Waals surface area contributed by atoms with Crippen LogP contribution in [0.1, 0.15) is 23.0 Å². The molecule has 0 fully saturated rings. The number of carbonyl (C=O) groups is 2. The molecule has 116 valence electrons. The summed E-state index contributed by atoms with van der Waals surface area (Å²) in [7, 11) is 0. The molecular weight excluding hydrogens is 284 g/mol. The normalized spacial score (nSPS) is 10.0. The minimum absolute atomic E-state index is 0.0905. The first kappa shape index (κ1) is 15.6.